The molecule has 2 N–H and O–H groups in total. The average Bonchev–Trinajstić information content (AvgIpc) is 3.24. The van der Waals surface area contributed by atoms with Gasteiger partial charge in [-0.1, -0.05) is 12.1 Å². The second kappa shape index (κ2) is 8.43. The highest BCUT2D eigenvalue weighted by molar-refractivity contribution is 6.46. The van der Waals surface area contributed by atoms with Crippen LogP contribution in [0.15, 0.2) is 48.0 Å². The Labute approximate surface area is 180 Å². The zero-order valence-corrected chi connectivity index (χ0v) is 17.5. The third kappa shape index (κ3) is 3.88. The van der Waals surface area contributed by atoms with Gasteiger partial charge in [-0.15, -0.1) is 0 Å². The van der Waals surface area contributed by atoms with Crippen LogP contribution in [-0.2, 0) is 20.7 Å². The van der Waals surface area contributed by atoms with E-state index in [2.05, 4.69) is 0 Å². The number of aliphatic hydroxyl groups is 1. The molecule has 0 unspecified atom stereocenters. The van der Waals surface area contributed by atoms with Crippen LogP contribution in [0.25, 0.3) is 5.76 Å². The molecule has 0 radical (unpaired) electrons. The van der Waals surface area contributed by atoms with E-state index in [1.165, 1.54) is 17.0 Å². The molecule has 1 saturated heterocycles. The number of likely N-dealkylation sites (tertiary alicyclic amines) is 1. The van der Waals surface area contributed by atoms with Crippen LogP contribution in [0.4, 0.5) is 0 Å². The van der Waals surface area contributed by atoms with Gasteiger partial charge in [-0.3, -0.25) is 9.59 Å². The molecule has 2 aliphatic rings. The fourth-order valence-corrected chi connectivity index (χ4v) is 4.26. The lowest BCUT2D eigenvalue weighted by Gasteiger charge is -2.25. The van der Waals surface area contributed by atoms with E-state index in [0.717, 1.165) is 11.3 Å². The van der Waals surface area contributed by atoms with E-state index in [1.54, 1.807) is 37.4 Å². The van der Waals surface area contributed by atoms with Crippen LogP contribution in [0.1, 0.15) is 36.1 Å². The molecule has 2 atom stereocenters. The highest BCUT2D eigenvalue weighted by Crippen LogP contribution is 2.41. The molecule has 2 heterocycles. The summed E-state index contributed by atoms with van der Waals surface area (Å²) in [5.74, 6) is -0.877. The maximum atomic E-state index is 13.0. The first-order valence-electron chi connectivity index (χ1n) is 10.3. The van der Waals surface area contributed by atoms with Crippen molar-refractivity contribution in [3.05, 3.63) is 64.7 Å². The van der Waals surface area contributed by atoms with Crippen LogP contribution in [0.5, 0.6) is 11.5 Å². The molecule has 1 fully saturated rings. The first-order chi connectivity index (χ1) is 14.9. The molecule has 0 bridgehead atoms. The number of fused-ring (bicyclic) bond motifs is 1. The van der Waals surface area contributed by atoms with Crippen LogP contribution in [0.3, 0.4) is 0 Å². The Kier molecular flexibility index (Phi) is 5.69. The third-order valence-corrected chi connectivity index (χ3v) is 5.64. The maximum absolute atomic E-state index is 13.0. The number of hydrogen-bond donors (Lipinski definition) is 2. The zero-order chi connectivity index (χ0) is 22.1. The third-order valence-electron chi connectivity index (χ3n) is 5.64. The molecule has 31 heavy (non-hydrogen) atoms. The van der Waals surface area contributed by atoms with Gasteiger partial charge in [0.1, 0.15) is 23.4 Å². The van der Waals surface area contributed by atoms with E-state index in [9.17, 15) is 19.8 Å². The number of ether oxygens (including phenoxy) is 2. The monoisotopic (exact) mass is 423 g/mol. The van der Waals surface area contributed by atoms with Crippen LogP contribution in [-0.4, -0.2) is 53.2 Å². The SMILES string of the molecule is COCCCN1C(=O)C(=O)C(=C(O)c2ccc3c(c2)C[C@@H](C)O3)[C@H]1c1cccc(O)c1. The Morgan fingerprint density at radius 3 is 2.77 bits per heavy atom. The van der Waals surface area contributed by atoms with Gasteiger partial charge in [-0.2, -0.15) is 0 Å². The Morgan fingerprint density at radius 1 is 1.23 bits per heavy atom. The van der Waals surface area contributed by atoms with Crippen molar-refractivity contribution >= 4 is 17.4 Å². The molecule has 0 aliphatic carbocycles. The molecule has 162 valence electrons. The van der Waals surface area contributed by atoms with Gasteiger partial charge in [0.05, 0.1) is 11.6 Å². The Bertz CT molecular complexity index is 1060. The zero-order valence-electron chi connectivity index (χ0n) is 17.5. The lowest BCUT2D eigenvalue weighted by atomic mass is 9.94. The number of Topliss-reactive ketones (excluding diaryl/α,β-unsaturated/α-hetero) is 1. The molecular weight excluding hydrogens is 398 g/mol. The minimum Gasteiger partial charge on any atom is -0.508 e. The van der Waals surface area contributed by atoms with Crippen molar-refractivity contribution in [3.8, 4) is 11.5 Å². The molecule has 2 aromatic carbocycles. The Balaban J connectivity index is 1.80. The number of hydrogen-bond acceptors (Lipinski definition) is 6. The number of carbonyl (C=O) groups excluding carboxylic acids is 2. The molecule has 2 aromatic rings. The largest absolute Gasteiger partial charge is 0.508 e. The number of carbonyl (C=O) groups is 2. The number of nitrogens with zero attached hydrogens (tertiary/aromatic N) is 1. The van der Waals surface area contributed by atoms with Gasteiger partial charge in [0, 0.05) is 32.2 Å². The number of benzene rings is 2. The molecule has 2 aliphatic heterocycles. The van der Waals surface area contributed by atoms with Crippen LogP contribution in [0.2, 0.25) is 0 Å². The Morgan fingerprint density at radius 2 is 2.03 bits per heavy atom. The minimum atomic E-state index is -0.799. The molecule has 0 aromatic heterocycles. The number of amides is 1. The number of aromatic hydroxyl groups is 1. The fraction of sp³-hybridized carbons (Fsp3) is 0.333. The van der Waals surface area contributed by atoms with Gasteiger partial charge in [-0.05, 0) is 54.8 Å². The predicted octanol–water partition coefficient (Wildman–Crippen LogP) is 3.17. The van der Waals surface area contributed by atoms with Gasteiger partial charge in [-0.25, -0.2) is 0 Å². The fourth-order valence-electron chi connectivity index (χ4n) is 4.26. The second-order valence-corrected chi connectivity index (χ2v) is 7.89. The summed E-state index contributed by atoms with van der Waals surface area (Å²) >= 11 is 0. The number of methoxy groups -OCH3 is 1. The van der Waals surface area contributed by atoms with Gasteiger partial charge < -0.3 is 24.6 Å². The van der Waals surface area contributed by atoms with Gasteiger partial charge in [0.2, 0.25) is 0 Å². The van der Waals surface area contributed by atoms with Crippen LogP contribution < -0.4 is 4.74 Å². The van der Waals surface area contributed by atoms with E-state index in [4.69, 9.17) is 9.47 Å². The summed E-state index contributed by atoms with van der Waals surface area (Å²) in [6.45, 7) is 2.68. The first kappa shape index (κ1) is 20.9. The van der Waals surface area contributed by atoms with E-state index in [1.807, 2.05) is 6.92 Å². The summed E-state index contributed by atoms with van der Waals surface area (Å²) in [6.07, 6.45) is 1.29. The Hall–Kier alpha value is -3.32. The van der Waals surface area contributed by atoms with Gasteiger partial charge >= 0.3 is 0 Å². The number of ketones is 1. The topological polar surface area (TPSA) is 96.3 Å². The van der Waals surface area contributed by atoms with Crippen molar-refractivity contribution in [3.63, 3.8) is 0 Å². The summed E-state index contributed by atoms with van der Waals surface area (Å²) < 4.78 is 10.8. The first-order valence-corrected chi connectivity index (χ1v) is 10.3. The van der Waals surface area contributed by atoms with Gasteiger partial charge in [0.15, 0.2) is 0 Å². The van der Waals surface area contributed by atoms with E-state index < -0.39 is 17.7 Å². The van der Waals surface area contributed by atoms with Crippen molar-refractivity contribution in [1.82, 2.24) is 4.90 Å². The van der Waals surface area contributed by atoms with Crippen molar-refractivity contribution < 1.29 is 29.3 Å². The normalized spacial score (nSPS) is 21.9. The molecule has 0 spiro atoms. The van der Waals surface area contributed by atoms with Crippen LogP contribution in [0, 0.1) is 0 Å². The smallest absolute Gasteiger partial charge is 0.295 e. The highest BCUT2D eigenvalue weighted by atomic mass is 16.5. The number of phenols is 1. The van der Waals surface area contributed by atoms with Crippen molar-refractivity contribution in [2.75, 3.05) is 20.3 Å². The van der Waals surface area contributed by atoms with Gasteiger partial charge in [0.25, 0.3) is 11.7 Å². The quantitative estimate of drug-likeness (QED) is 0.321. The number of rotatable bonds is 6. The summed E-state index contributed by atoms with van der Waals surface area (Å²) in [5, 5.41) is 21.1. The second-order valence-electron chi connectivity index (χ2n) is 7.89. The highest BCUT2D eigenvalue weighted by Gasteiger charge is 2.46. The summed E-state index contributed by atoms with van der Waals surface area (Å²) in [5.41, 5.74) is 1.97. The van der Waals surface area contributed by atoms with Crippen LogP contribution >= 0.6 is 0 Å². The van der Waals surface area contributed by atoms with Crippen molar-refractivity contribution in [2.45, 2.75) is 31.9 Å². The van der Waals surface area contributed by atoms with E-state index in [-0.39, 0.29) is 29.7 Å². The van der Waals surface area contributed by atoms with Crippen molar-refractivity contribution in [2.24, 2.45) is 0 Å². The minimum absolute atomic E-state index is 0.0138. The summed E-state index contributed by atoms with van der Waals surface area (Å²) in [4.78, 5) is 27.3. The summed E-state index contributed by atoms with van der Waals surface area (Å²) in [7, 11) is 1.57. The standard InChI is InChI=1S/C24H25NO6/c1-14-11-17-12-16(7-8-19(17)31-14)22(27)20-21(15-5-3-6-18(26)13-15)25(9-4-10-30-2)24(29)23(20)28/h3,5-8,12-14,21,26-27H,4,9-11H2,1-2H3/t14-,21-/m1/s1. The molecule has 7 heteroatoms. The predicted molar refractivity (Wildman–Crippen MR) is 114 cm³/mol. The van der Waals surface area contributed by atoms with E-state index in [0.29, 0.717) is 30.6 Å². The van der Waals surface area contributed by atoms with E-state index >= 15 is 0 Å². The lowest BCUT2D eigenvalue weighted by Crippen LogP contribution is -2.31. The molecule has 7 nitrogen and oxygen atoms in total. The molecule has 1 amide bonds. The number of aliphatic hydroxyl groups excluding tert-OH is 1. The lowest BCUT2D eigenvalue weighted by molar-refractivity contribution is -0.140. The molecule has 4 rings (SSSR count). The average molecular weight is 423 g/mol. The summed E-state index contributed by atoms with van der Waals surface area (Å²) in [6, 6.07) is 10.8. The molecular formula is C24H25NO6. The number of phenolic OH excluding ortho intramolecular Hbond substituents is 1. The van der Waals surface area contributed by atoms with Crippen molar-refractivity contribution in [1.29, 1.82) is 0 Å². The maximum Gasteiger partial charge on any atom is 0.295 e. The molecule has 0 saturated carbocycles.